The molecule has 90 valence electrons. The molecule has 7 heteroatoms. The van der Waals surface area contributed by atoms with Crippen LogP contribution < -0.4 is 5.56 Å². The summed E-state index contributed by atoms with van der Waals surface area (Å²) in [6.07, 6.45) is -0.0223. The van der Waals surface area contributed by atoms with Crippen LogP contribution in [0.5, 0.6) is 0 Å². The van der Waals surface area contributed by atoms with Gasteiger partial charge in [0.05, 0.1) is 18.7 Å². The van der Waals surface area contributed by atoms with Crippen LogP contribution in [-0.4, -0.2) is 32.2 Å². The normalized spacial score (nSPS) is 10.7. The molecule has 17 heavy (non-hydrogen) atoms. The number of hydrogen-bond acceptors (Lipinski definition) is 5. The van der Waals surface area contributed by atoms with Crippen molar-refractivity contribution in [1.29, 1.82) is 0 Å². The largest absolute Gasteiger partial charge is 0.466 e. The van der Waals surface area contributed by atoms with Crippen molar-refractivity contribution in [2.75, 3.05) is 6.61 Å². The van der Waals surface area contributed by atoms with E-state index in [4.69, 9.17) is 4.74 Å². The Kier molecular flexibility index (Phi) is 2.90. The minimum atomic E-state index is -0.406. The van der Waals surface area contributed by atoms with Crippen LogP contribution in [0.25, 0.3) is 5.78 Å². The second-order valence-electron chi connectivity index (χ2n) is 3.51. The predicted octanol–water partition coefficient (Wildman–Crippen LogP) is -0.168. The molecule has 0 spiro atoms. The average Bonchev–Trinajstić information content (AvgIpc) is 2.59. The van der Waals surface area contributed by atoms with Crippen molar-refractivity contribution in [3.63, 3.8) is 0 Å². The summed E-state index contributed by atoms with van der Waals surface area (Å²) in [5, 5.41) is 2.75. The molecule has 0 saturated carbocycles. The fourth-order valence-corrected chi connectivity index (χ4v) is 1.48. The molecule has 2 rings (SSSR count). The number of ether oxygens (including phenoxy) is 1. The van der Waals surface area contributed by atoms with Crippen LogP contribution in [0, 0.1) is 6.92 Å². The lowest BCUT2D eigenvalue weighted by atomic mass is 10.3. The minimum Gasteiger partial charge on any atom is -0.466 e. The molecule has 0 atom stereocenters. The van der Waals surface area contributed by atoms with E-state index in [0.717, 1.165) is 0 Å². The zero-order chi connectivity index (χ0) is 12.4. The number of aromatic nitrogens is 4. The number of aryl methyl sites for hydroxylation is 1. The third-order valence-electron chi connectivity index (χ3n) is 2.13. The van der Waals surface area contributed by atoms with E-state index in [-0.39, 0.29) is 17.8 Å². The summed E-state index contributed by atoms with van der Waals surface area (Å²) >= 11 is 0. The van der Waals surface area contributed by atoms with Gasteiger partial charge in [-0.1, -0.05) is 0 Å². The standard InChI is InChI=1S/C10H12N4O3/c1-3-17-9(16)5-7-4-8(15)14-10(12-7)11-6(2)13-14/h4H,3,5H2,1-2H3,(H,11,12,13). The Labute approximate surface area is 96.4 Å². The fourth-order valence-electron chi connectivity index (χ4n) is 1.48. The third-order valence-corrected chi connectivity index (χ3v) is 2.13. The first-order valence-electron chi connectivity index (χ1n) is 5.21. The van der Waals surface area contributed by atoms with Crippen molar-refractivity contribution in [1.82, 2.24) is 19.6 Å². The first kappa shape index (κ1) is 11.3. The Balaban J connectivity index is 2.36. The molecular weight excluding hydrogens is 224 g/mol. The van der Waals surface area contributed by atoms with Gasteiger partial charge in [0.2, 0.25) is 0 Å². The van der Waals surface area contributed by atoms with Crippen molar-refractivity contribution in [2.24, 2.45) is 0 Å². The number of hydrogen-bond donors (Lipinski definition) is 1. The highest BCUT2D eigenvalue weighted by molar-refractivity contribution is 5.72. The number of aromatic amines is 1. The van der Waals surface area contributed by atoms with Gasteiger partial charge in [-0.15, -0.1) is 0 Å². The molecule has 0 aromatic carbocycles. The van der Waals surface area contributed by atoms with Crippen LogP contribution in [0.3, 0.4) is 0 Å². The first-order valence-corrected chi connectivity index (χ1v) is 5.21. The monoisotopic (exact) mass is 236 g/mol. The van der Waals surface area contributed by atoms with E-state index in [1.54, 1.807) is 13.8 Å². The molecule has 0 aliphatic carbocycles. The maximum atomic E-state index is 11.7. The molecule has 0 radical (unpaired) electrons. The second-order valence-corrected chi connectivity index (χ2v) is 3.51. The van der Waals surface area contributed by atoms with E-state index >= 15 is 0 Å². The molecule has 0 aliphatic rings. The summed E-state index contributed by atoms with van der Waals surface area (Å²) in [7, 11) is 0. The number of rotatable bonds is 3. The fraction of sp³-hybridized carbons (Fsp3) is 0.400. The summed E-state index contributed by atoms with van der Waals surface area (Å²) in [4.78, 5) is 31.0. The van der Waals surface area contributed by atoms with Crippen molar-refractivity contribution in [3.8, 4) is 0 Å². The Bertz CT molecular complexity index is 614. The van der Waals surface area contributed by atoms with Crippen molar-refractivity contribution >= 4 is 11.7 Å². The smallest absolute Gasteiger partial charge is 0.311 e. The number of esters is 1. The van der Waals surface area contributed by atoms with Crippen LogP contribution in [0.4, 0.5) is 0 Å². The van der Waals surface area contributed by atoms with E-state index < -0.39 is 5.97 Å². The number of nitrogens with zero attached hydrogens (tertiary/aromatic N) is 3. The lowest BCUT2D eigenvalue weighted by Crippen LogP contribution is -2.18. The van der Waals surface area contributed by atoms with Crippen molar-refractivity contribution < 1.29 is 9.53 Å². The van der Waals surface area contributed by atoms with Gasteiger partial charge in [0.15, 0.2) is 0 Å². The van der Waals surface area contributed by atoms with Crippen LogP contribution >= 0.6 is 0 Å². The molecule has 1 N–H and O–H groups in total. The van der Waals surface area contributed by atoms with Gasteiger partial charge in [0.25, 0.3) is 11.3 Å². The second kappa shape index (κ2) is 4.36. The van der Waals surface area contributed by atoms with E-state index in [2.05, 4.69) is 15.1 Å². The van der Waals surface area contributed by atoms with Crippen LogP contribution in [0.1, 0.15) is 18.4 Å². The van der Waals surface area contributed by atoms with Gasteiger partial charge in [-0.3, -0.25) is 14.7 Å². The number of H-pyrrole nitrogens is 1. The molecule has 0 fully saturated rings. The van der Waals surface area contributed by atoms with Crippen molar-refractivity contribution in [2.45, 2.75) is 20.3 Å². The number of carbonyl (C=O) groups is 1. The minimum absolute atomic E-state index is 0.0223. The molecule has 2 aromatic rings. The number of carbonyl (C=O) groups excluding carboxylic acids is 1. The quantitative estimate of drug-likeness (QED) is 0.747. The SMILES string of the molecule is CCOC(=O)Cc1cc(=O)n2[nH]c(C)nc2n1. The van der Waals surface area contributed by atoms with Crippen LogP contribution in [0.2, 0.25) is 0 Å². The molecule has 2 aromatic heterocycles. The molecule has 0 unspecified atom stereocenters. The Hall–Kier alpha value is -2.18. The lowest BCUT2D eigenvalue weighted by molar-refractivity contribution is -0.142. The summed E-state index contributed by atoms with van der Waals surface area (Å²) in [6, 6.07) is 1.29. The summed E-state index contributed by atoms with van der Waals surface area (Å²) in [5.41, 5.74) is 0.0647. The van der Waals surface area contributed by atoms with Crippen LogP contribution in [-0.2, 0) is 16.0 Å². The topological polar surface area (TPSA) is 89.4 Å². The van der Waals surface area contributed by atoms with Gasteiger partial charge < -0.3 is 4.74 Å². The van der Waals surface area contributed by atoms with Crippen LogP contribution in [0.15, 0.2) is 10.9 Å². The highest BCUT2D eigenvalue weighted by atomic mass is 16.5. The molecule has 0 bridgehead atoms. The van der Waals surface area contributed by atoms with Gasteiger partial charge in [-0.25, -0.2) is 4.98 Å². The lowest BCUT2D eigenvalue weighted by Gasteiger charge is -2.00. The van der Waals surface area contributed by atoms with Gasteiger partial charge in [-0.05, 0) is 13.8 Å². The Morgan fingerprint density at radius 3 is 3.00 bits per heavy atom. The average molecular weight is 236 g/mol. The maximum Gasteiger partial charge on any atom is 0.311 e. The van der Waals surface area contributed by atoms with Gasteiger partial charge in [-0.2, -0.15) is 9.50 Å². The summed E-state index contributed by atoms with van der Waals surface area (Å²) in [5.74, 6) is 0.438. The zero-order valence-electron chi connectivity index (χ0n) is 9.56. The van der Waals surface area contributed by atoms with E-state index in [9.17, 15) is 9.59 Å². The molecule has 2 heterocycles. The van der Waals surface area contributed by atoms with Gasteiger partial charge >= 0.3 is 5.97 Å². The number of fused-ring (bicyclic) bond motifs is 1. The van der Waals surface area contributed by atoms with E-state index in [1.165, 1.54) is 10.6 Å². The van der Waals surface area contributed by atoms with Crippen molar-refractivity contribution in [3.05, 3.63) is 27.9 Å². The van der Waals surface area contributed by atoms with E-state index in [1.807, 2.05) is 0 Å². The Morgan fingerprint density at radius 1 is 1.53 bits per heavy atom. The first-order chi connectivity index (χ1) is 8.10. The summed E-state index contributed by atoms with van der Waals surface area (Å²) < 4.78 is 6.01. The predicted molar refractivity (Wildman–Crippen MR) is 58.7 cm³/mol. The highest BCUT2D eigenvalue weighted by Crippen LogP contribution is 1.99. The number of nitrogens with one attached hydrogen (secondary N) is 1. The molecule has 0 aliphatic heterocycles. The Morgan fingerprint density at radius 2 is 2.29 bits per heavy atom. The highest BCUT2D eigenvalue weighted by Gasteiger charge is 2.10. The zero-order valence-corrected chi connectivity index (χ0v) is 9.56. The molecule has 0 amide bonds. The molecule has 0 saturated heterocycles. The van der Waals surface area contributed by atoms with Gasteiger partial charge in [0, 0.05) is 6.07 Å². The van der Waals surface area contributed by atoms with Gasteiger partial charge in [0.1, 0.15) is 5.82 Å². The summed E-state index contributed by atoms with van der Waals surface area (Å²) in [6.45, 7) is 3.75. The molecule has 7 nitrogen and oxygen atoms in total. The molecular formula is C10H12N4O3. The maximum absolute atomic E-state index is 11.7. The third kappa shape index (κ3) is 2.32. The van der Waals surface area contributed by atoms with E-state index in [0.29, 0.717) is 18.1 Å².